The molecule has 3 N–H and O–H groups in total. The number of aromatic nitrogens is 2. The van der Waals surface area contributed by atoms with Crippen molar-refractivity contribution in [1.82, 2.24) is 14.9 Å². The zero-order chi connectivity index (χ0) is 26.0. The number of imidazole rings is 1. The van der Waals surface area contributed by atoms with Gasteiger partial charge in [0.1, 0.15) is 6.04 Å². The molecule has 0 spiro atoms. The molecule has 1 aliphatic rings. The van der Waals surface area contributed by atoms with Crippen LogP contribution in [-0.2, 0) is 17.9 Å². The predicted octanol–water partition coefficient (Wildman–Crippen LogP) is 5.68. The van der Waals surface area contributed by atoms with E-state index in [4.69, 9.17) is 0 Å². The Morgan fingerprint density at radius 3 is 2.65 bits per heavy atom. The van der Waals surface area contributed by atoms with E-state index in [1.807, 2.05) is 61.2 Å². The fraction of sp³-hybridized carbons (Fsp3) is 0.414. The molecule has 0 radical (unpaired) electrons. The second kappa shape index (κ2) is 13.3. The van der Waals surface area contributed by atoms with E-state index in [0.717, 1.165) is 35.0 Å². The highest BCUT2D eigenvalue weighted by atomic mass is 32.2. The number of carboxylic acid groups (broad SMARTS) is 1. The summed E-state index contributed by atoms with van der Waals surface area (Å²) in [6.45, 7) is 1.63. The molecule has 1 fully saturated rings. The average molecular weight is 521 g/mol. The summed E-state index contributed by atoms with van der Waals surface area (Å²) in [6, 6.07) is 14.4. The molecule has 37 heavy (non-hydrogen) atoms. The molecule has 4 rings (SSSR count). The number of carboxylic acids is 1. The number of benzene rings is 2. The van der Waals surface area contributed by atoms with Gasteiger partial charge in [-0.2, -0.15) is 11.8 Å². The summed E-state index contributed by atoms with van der Waals surface area (Å²) in [6.07, 6.45) is 12.7. The number of aliphatic carboxylic acids is 1. The van der Waals surface area contributed by atoms with Gasteiger partial charge in [-0.05, 0) is 66.5 Å². The monoisotopic (exact) mass is 520 g/mol. The van der Waals surface area contributed by atoms with Crippen molar-refractivity contribution in [3.8, 4) is 11.1 Å². The van der Waals surface area contributed by atoms with Crippen molar-refractivity contribution >= 4 is 29.3 Å². The van der Waals surface area contributed by atoms with Gasteiger partial charge < -0.3 is 20.3 Å². The molecule has 0 unspecified atom stereocenters. The van der Waals surface area contributed by atoms with Crippen LogP contribution in [0.4, 0.5) is 5.69 Å². The molecule has 0 aliphatic heterocycles. The van der Waals surface area contributed by atoms with Crippen LogP contribution < -0.4 is 10.6 Å². The molecule has 196 valence electrons. The van der Waals surface area contributed by atoms with Crippen molar-refractivity contribution in [1.29, 1.82) is 0 Å². The molecule has 1 saturated carbocycles. The number of amides is 1. The van der Waals surface area contributed by atoms with Gasteiger partial charge in [0.15, 0.2) is 0 Å². The smallest absolute Gasteiger partial charge is 0.326 e. The normalized spacial score (nSPS) is 14.7. The highest BCUT2D eigenvalue weighted by molar-refractivity contribution is 7.98. The van der Waals surface area contributed by atoms with Crippen LogP contribution in [0.3, 0.4) is 0 Å². The van der Waals surface area contributed by atoms with Gasteiger partial charge in [-0.3, -0.25) is 4.79 Å². The third-order valence-corrected chi connectivity index (χ3v) is 7.66. The minimum Gasteiger partial charge on any atom is -0.480 e. The van der Waals surface area contributed by atoms with Gasteiger partial charge in [-0.15, -0.1) is 0 Å². The second-order valence-corrected chi connectivity index (χ2v) is 10.7. The molecule has 1 amide bonds. The minimum atomic E-state index is -1.02. The number of thioether (sulfide) groups is 1. The van der Waals surface area contributed by atoms with E-state index >= 15 is 0 Å². The Kier molecular flexibility index (Phi) is 9.65. The zero-order valence-corrected chi connectivity index (χ0v) is 22.2. The van der Waals surface area contributed by atoms with Crippen LogP contribution in [0.25, 0.3) is 11.1 Å². The molecular weight excluding hydrogens is 484 g/mol. The first-order valence-electron chi connectivity index (χ1n) is 13.0. The van der Waals surface area contributed by atoms with Crippen LogP contribution in [0.1, 0.15) is 54.6 Å². The largest absolute Gasteiger partial charge is 0.480 e. The van der Waals surface area contributed by atoms with Crippen molar-refractivity contribution in [3.05, 3.63) is 72.3 Å². The van der Waals surface area contributed by atoms with Crippen LogP contribution in [0.5, 0.6) is 0 Å². The molecule has 7 nitrogen and oxygen atoms in total. The highest BCUT2D eigenvalue weighted by Crippen LogP contribution is 2.28. The topological polar surface area (TPSA) is 96.3 Å². The molecule has 1 aromatic heterocycles. The summed E-state index contributed by atoms with van der Waals surface area (Å²) < 4.78 is 2.25. The maximum atomic E-state index is 13.2. The maximum absolute atomic E-state index is 13.2. The average Bonchev–Trinajstić information content (AvgIpc) is 3.37. The number of carbonyl (C=O) groups excluding carboxylic acids is 1. The summed E-state index contributed by atoms with van der Waals surface area (Å²) in [5.74, 6) is -0.0332. The van der Waals surface area contributed by atoms with Crippen molar-refractivity contribution < 1.29 is 14.7 Å². The quantitative estimate of drug-likeness (QED) is 0.284. The number of hydrogen-bond donors (Lipinski definition) is 3. The molecule has 0 saturated heterocycles. The summed E-state index contributed by atoms with van der Waals surface area (Å²) in [4.78, 5) is 29.3. The number of nitrogens with one attached hydrogen (secondary N) is 2. The number of anilines is 1. The van der Waals surface area contributed by atoms with E-state index < -0.39 is 12.0 Å². The van der Waals surface area contributed by atoms with E-state index in [9.17, 15) is 14.7 Å². The van der Waals surface area contributed by atoms with Crippen molar-refractivity contribution in [2.75, 3.05) is 17.3 Å². The Morgan fingerprint density at radius 2 is 1.92 bits per heavy atom. The maximum Gasteiger partial charge on any atom is 0.326 e. The lowest BCUT2D eigenvalue weighted by molar-refractivity contribution is -0.139. The van der Waals surface area contributed by atoms with E-state index in [-0.39, 0.29) is 5.91 Å². The van der Waals surface area contributed by atoms with Crippen molar-refractivity contribution in [2.45, 2.75) is 57.7 Å². The molecule has 0 bridgehead atoms. The molecule has 1 aliphatic carbocycles. The van der Waals surface area contributed by atoms with Crippen LogP contribution in [0.15, 0.2) is 61.1 Å². The first-order valence-corrected chi connectivity index (χ1v) is 14.4. The summed E-state index contributed by atoms with van der Waals surface area (Å²) >= 11 is 1.56. The summed E-state index contributed by atoms with van der Waals surface area (Å²) in [5.41, 5.74) is 4.13. The van der Waals surface area contributed by atoms with Gasteiger partial charge in [0.2, 0.25) is 0 Å². The van der Waals surface area contributed by atoms with E-state index in [1.165, 1.54) is 32.1 Å². The van der Waals surface area contributed by atoms with Crippen LogP contribution in [0.2, 0.25) is 0 Å². The van der Waals surface area contributed by atoms with Gasteiger partial charge in [0.05, 0.1) is 18.6 Å². The van der Waals surface area contributed by atoms with Crippen molar-refractivity contribution in [2.24, 2.45) is 5.92 Å². The highest BCUT2D eigenvalue weighted by Gasteiger charge is 2.22. The second-order valence-electron chi connectivity index (χ2n) is 9.67. The predicted molar refractivity (Wildman–Crippen MR) is 150 cm³/mol. The Morgan fingerprint density at radius 1 is 1.14 bits per heavy atom. The van der Waals surface area contributed by atoms with E-state index in [1.54, 1.807) is 17.8 Å². The third-order valence-electron chi connectivity index (χ3n) is 7.01. The number of nitrogens with zero attached hydrogens (tertiary/aromatic N) is 2. The first kappa shape index (κ1) is 26.8. The molecule has 1 atom stereocenters. The number of hydrogen-bond acceptors (Lipinski definition) is 5. The van der Waals surface area contributed by atoms with Crippen LogP contribution >= 0.6 is 11.8 Å². The Bertz CT molecular complexity index is 1170. The van der Waals surface area contributed by atoms with Crippen LogP contribution in [-0.4, -0.2) is 44.6 Å². The fourth-order valence-corrected chi connectivity index (χ4v) is 5.41. The minimum absolute atomic E-state index is 0.372. The lowest BCUT2D eigenvalue weighted by atomic mass is 9.89. The summed E-state index contributed by atoms with van der Waals surface area (Å²) in [7, 11) is 0. The Hall–Kier alpha value is -3.26. The van der Waals surface area contributed by atoms with Gasteiger partial charge in [-0.1, -0.05) is 49.6 Å². The summed E-state index contributed by atoms with van der Waals surface area (Å²) in [5, 5.41) is 15.8. The van der Waals surface area contributed by atoms with Gasteiger partial charge in [0.25, 0.3) is 5.91 Å². The first-order chi connectivity index (χ1) is 18.0. The Labute approximate surface area is 223 Å². The molecule has 2 aromatic carbocycles. The molecular formula is C29H36N4O3S. The van der Waals surface area contributed by atoms with E-state index in [0.29, 0.717) is 24.3 Å². The number of rotatable bonds is 12. The van der Waals surface area contributed by atoms with Crippen molar-refractivity contribution in [3.63, 3.8) is 0 Å². The number of carbonyl (C=O) groups is 2. The Balaban J connectivity index is 1.51. The van der Waals surface area contributed by atoms with Gasteiger partial charge in [0, 0.05) is 24.0 Å². The molecule has 3 aromatic rings. The SMILES string of the molecule is CSCC[C@H](NC(=O)c1ccc(NCc2cncn2CC2CCCCC2)cc1-c1ccccc1)C(=O)O. The fourth-order valence-electron chi connectivity index (χ4n) is 4.94. The lowest BCUT2D eigenvalue weighted by Gasteiger charge is -2.23. The van der Waals surface area contributed by atoms with E-state index in [2.05, 4.69) is 20.2 Å². The standard InChI is InChI=1S/C29H36N4O3S/c1-37-15-14-27(29(35)36)32-28(34)25-13-12-23(16-26(25)22-10-6-3-7-11-22)31-18-24-17-30-20-33(24)19-21-8-4-2-5-9-21/h3,6-7,10-13,16-17,20-21,27,31H,2,4-5,8-9,14-15,18-19H2,1H3,(H,32,34)(H,35,36)/t27-/m0/s1. The molecule has 1 heterocycles. The lowest BCUT2D eigenvalue weighted by Crippen LogP contribution is -2.41. The van der Waals surface area contributed by atoms with Gasteiger partial charge in [-0.25, -0.2) is 9.78 Å². The third kappa shape index (κ3) is 7.38. The molecule has 8 heteroatoms. The zero-order valence-electron chi connectivity index (χ0n) is 21.4. The van der Waals surface area contributed by atoms with Crippen LogP contribution in [0, 0.1) is 5.92 Å². The van der Waals surface area contributed by atoms with Gasteiger partial charge >= 0.3 is 5.97 Å².